The first-order chi connectivity index (χ1) is 9.95. The first kappa shape index (κ1) is 14.8. The quantitative estimate of drug-likeness (QED) is 0.896. The number of halogens is 1. The van der Waals surface area contributed by atoms with Crippen molar-refractivity contribution < 1.29 is 8.42 Å². The zero-order valence-electron chi connectivity index (χ0n) is 11.6. The van der Waals surface area contributed by atoms with E-state index < -0.39 is 10.0 Å². The second kappa shape index (κ2) is 5.25. The van der Waals surface area contributed by atoms with Gasteiger partial charge in [0.15, 0.2) is 0 Å². The molecule has 3 atom stereocenters. The molecule has 0 aliphatic carbocycles. The molecule has 0 spiro atoms. The van der Waals surface area contributed by atoms with Gasteiger partial charge in [0.05, 0.1) is 16.7 Å². The third-order valence-electron chi connectivity index (χ3n) is 4.33. The Labute approximate surface area is 129 Å². The molecule has 112 valence electrons. The summed E-state index contributed by atoms with van der Waals surface area (Å²) in [5.74, 6) is 0.368. The first-order valence-electron chi connectivity index (χ1n) is 6.89. The maximum absolute atomic E-state index is 12.9. The summed E-state index contributed by atoms with van der Waals surface area (Å²) in [5, 5.41) is 12.2. The fourth-order valence-corrected chi connectivity index (χ4v) is 5.84. The molecule has 5 nitrogen and oxygen atoms in total. The van der Waals surface area contributed by atoms with Crippen LogP contribution in [-0.4, -0.2) is 37.9 Å². The molecule has 7 heteroatoms. The van der Waals surface area contributed by atoms with Gasteiger partial charge in [0.1, 0.15) is 4.90 Å². The first-order valence-corrected chi connectivity index (χ1v) is 8.71. The highest BCUT2D eigenvalue weighted by molar-refractivity contribution is 7.89. The number of rotatable bonds is 2. The van der Waals surface area contributed by atoms with E-state index in [1.807, 2.05) is 13.0 Å². The molecule has 0 saturated carbocycles. The van der Waals surface area contributed by atoms with Crippen molar-refractivity contribution in [3.63, 3.8) is 0 Å². The molecule has 2 aliphatic heterocycles. The normalized spacial score (nSPS) is 29.3. The molecule has 2 aliphatic rings. The number of hydrogen-bond donors (Lipinski definition) is 1. The number of sulfonamides is 1. The van der Waals surface area contributed by atoms with E-state index in [0.717, 1.165) is 13.0 Å². The smallest absolute Gasteiger partial charge is 0.245 e. The van der Waals surface area contributed by atoms with Crippen molar-refractivity contribution in [1.29, 1.82) is 5.26 Å². The van der Waals surface area contributed by atoms with Crippen LogP contribution in [0.15, 0.2) is 23.1 Å². The van der Waals surface area contributed by atoms with Crippen LogP contribution in [0.5, 0.6) is 0 Å². The number of benzene rings is 1. The van der Waals surface area contributed by atoms with Gasteiger partial charge in [-0.25, -0.2) is 8.42 Å². The lowest BCUT2D eigenvalue weighted by Gasteiger charge is -2.27. The fraction of sp³-hybridized carbons (Fsp3) is 0.500. The highest BCUT2D eigenvalue weighted by atomic mass is 35.5. The van der Waals surface area contributed by atoms with Gasteiger partial charge < -0.3 is 5.32 Å². The van der Waals surface area contributed by atoms with Gasteiger partial charge in [0.2, 0.25) is 10.0 Å². The molecule has 1 N–H and O–H groups in total. The number of hydrogen-bond acceptors (Lipinski definition) is 4. The van der Waals surface area contributed by atoms with Crippen LogP contribution >= 0.6 is 11.6 Å². The largest absolute Gasteiger partial charge is 0.315 e. The number of fused-ring (bicyclic) bond motifs is 1. The summed E-state index contributed by atoms with van der Waals surface area (Å²) in [7, 11) is -3.65. The Bertz CT molecular complexity index is 713. The standard InChI is InChI=1S/C14H16ClN3O2S/c1-9-4-11-7-17-8-13(11)18(9)21(19,20)14-3-2-10(6-16)5-12(14)15/h2-3,5,9,11,13,17H,4,7-8H2,1H3. The minimum absolute atomic E-state index is 0.00305. The topological polar surface area (TPSA) is 73.2 Å². The summed E-state index contributed by atoms with van der Waals surface area (Å²) in [6, 6.07) is 6.25. The molecule has 0 bridgehead atoms. The average Bonchev–Trinajstić information content (AvgIpc) is 2.97. The molecule has 2 heterocycles. The van der Waals surface area contributed by atoms with Crippen LogP contribution < -0.4 is 5.32 Å². The van der Waals surface area contributed by atoms with E-state index in [4.69, 9.17) is 16.9 Å². The van der Waals surface area contributed by atoms with Crippen LogP contribution in [0.25, 0.3) is 0 Å². The second-order valence-electron chi connectivity index (χ2n) is 5.66. The summed E-state index contributed by atoms with van der Waals surface area (Å²) in [6.07, 6.45) is 0.866. The molecular weight excluding hydrogens is 310 g/mol. The van der Waals surface area contributed by atoms with Crippen LogP contribution in [0.1, 0.15) is 18.9 Å². The van der Waals surface area contributed by atoms with Crippen LogP contribution in [0.2, 0.25) is 5.02 Å². The molecule has 2 fully saturated rings. The molecule has 21 heavy (non-hydrogen) atoms. The lowest BCUT2D eigenvalue weighted by molar-refractivity contribution is 0.336. The Kier molecular flexibility index (Phi) is 3.70. The highest BCUT2D eigenvalue weighted by Gasteiger charge is 2.48. The zero-order chi connectivity index (χ0) is 15.2. The van der Waals surface area contributed by atoms with E-state index in [1.54, 1.807) is 4.31 Å². The van der Waals surface area contributed by atoms with Crippen molar-refractivity contribution in [2.45, 2.75) is 30.3 Å². The minimum Gasteiger partial charge on any atom is -0.315 e. The Morgan fingerprint density at radius 3 is 2.86 bits per heavy atom. The van der Waals surface area contributed by atoms with Crippen LogP contribution in [0, 0.1) is 17.2 Å². The van der Waals surface area contributed by atoms with Gasteiger partial charge in [-0.15, -0.1) is 0 Å². The average molecular weight is 326 g/mol. The Balaban J connectivity index is 2.03. The molecule has 3 unspecified atom stereocenters. The summed E-state index contributed by atoms with van der Waals surface area (Å²) >= 11 is 6.09. The number of nitrogens with one attached hydrogen (secondary N) is 1. The maximum Gasteiger partial charge on any atom is 0.245 e. The molecule has 0 aromatic heterocycles. The molecule has 2 saturated heterocycles. The van der Waals surface area contributed by atoms with E-state index >= 15 is 0 Å². The molecular formula is C14H16ClN3O2S. The molecule has 3 rings (SSSR count). The third-order valence-corrected chi connectivity index (χ3v) is 6.85. The molecule has 1 aromatic carbocycles. The van der Waals surface area contributed by atoms with Crippen molar-refractivity contribution in [1.82, 2.24) is 9.62 Å². The van der Waals surface area contributed by atoms with Crippen LogP contribution in [0.4, 0.5) is 0 Å². The van der Waals surface area contributed by atoms with E-state index in [0.29, 0.717) is 18.0 Å². The Hall–Kier alpha value is -1.13. The molecule has 0 amide bonds. The van der Waals surface area contributed by atoms with Crippen molar-refractivity contribution in [2.24, 2.45) is 5.92 Å². The molecule has 1 aromatic rings. The summed E-state index contributed by atoms with van der Waals surface area (Å²) < 4.78 is 27.5. The monoisotopic (exact) mass is 325 g/mol. The van der Waals surface area contributed by atoms with E-state index in [2.05, 4.69) is 5.32 Å². The van der Waals surface area contributed by atoms with Crippen molar-refractivity contribution >= 4 is 21.6 Å². The number of nitriles is 1. The highest BCUT2D eigenvalue weighted by Crippen LogP contribution is 2.38. The summed E-state index contributed by atoms with van der Waals surface area (Å²) in [4.78, 5) is 0.0857. The van der Waals surface area contributed by atoms with E-state index in [-0.39, 0.29) is 22.0 Å². The Morgan fingerprint density at radius 2 is 2.19 bits per heavy atom. The summed E-state index contributed by atoms with van der Waals surface area (Å²) in [6.45, 7) is 3.48. The maximum atomic E-state index is 12.9. The third kappa shape index (κ3) is 2.34. The number of nitrogens with zero attached hydrogens (tertiary/aromatic N) is 2. The second-order valence-corrected chi connectivity index (χ2v) is 7.88. The molecule has 0 radical (unpaired) electrons. The lowest BCUT2D eigenvalue weighted by atomic mass is 10.0. The predicted octanol–water partition coefficient (Wildman–Crippen LogP) is 1.58. The van der Waals surface area contributed by atoms with Gasteiger partial charge in [0.25, 0.3) is 0 Å². The Morgan fingerprint density at radius 1 is 1.43 bits per heavy atom. The van der Waals surface area contributed by atoms with Crippen LogP contribution in [-0.2, 0) is 10.0 Å². The van der Waals surface area contributed by atoms with Crippen molar-refractivity contribution in [3.05, 3.63) is 28.8 Å². The van der Waals surface area contributed by atoms with Gasteiger partial charge in [-0.1, -0.05) is 11.6 Å². The van der Waals surface area contributed by atoms with E-state index in [1.165, 1.54) is 18.2 Å². The van der Waals surface area contributed by atoms with Crippen molar-refractivity contribution in [3.8, 4) is 6.07 Å². The minimum atomic E-state index is -3.65. The SMILES string of the molecule is CC1CC2CNCC2N1S(=O)(=O)c1ccc(C#N)cc1Cl. The van der Waals surface area contributed by atoms with Gasteiger partial charge in [-0.2, -0.15) is 9.57 Å². The van der Waals surface area contributed by atoms with Crippen LogP contribution in [0.3, 0.4) is 0 Å². The predicted molar refractivity (Wildman–Crippen MR) is 79.4 cm³/mol. The van der Waals surface area contributed by atoms with Gasteiger partial charge >= 0.3 is 0 Å². The summed E-state index contributed by atoms with van der Waals surface area (Å²) in [5.41, 5.74) is 0.355. The zero-order valence-corrected chi connectivity index (χ0v) is 13.2. The lowest BCUT2D eigenvalue weighted by Crippen LogP contribution is -2.42. The van der Waals surface area contributed by atoms with Gasteiger partial charge in [0, 0.05) is 18.6 Å². The van der Waals surface area contributed by atoms with Gasteiger partial charge in [-0.05, 0) is 44.0 Å². The van der Waals surface area contributed by atoms with Gasteiger partial charge in [-0.3, -0.25) is 0 Å². The van der Waals surface area contributed by atoms with Crippen molar-refractivity contribution in [2.75, 3.05) is 13.1 Å². The van der Waals surface area contributed by atoms with E-state index in [9.17, 15) is 8.42 Å². The fourth-order valence-electron chi connectivity index (χ4n) is 3.43.